The Morgan fingerprint density at radius 3 is 3.05 bits per heavy atom. The van der Waals surface area contributed by atoms with Crippen LogP contribution in [0.3, 0.4) is 0 Å². The Morgan fingerprint density at radius 2 is 2.35 bits per heavy atom. The normalized spacial score (nSPS) is 15.2. The molecule has 0 atom stereocenters. The molecule has 0 aromatic heterocycles. The predicted molar refractivity (Wildman–Crippen MR) is 77.2 cm³/mol. The topological polar surface area (TPSA) is 67.6 Å². The number of methoxy groups -OCH3 is 1. The summed E-state index contributed by atoms with van der Waals surface area (Å²) in [5.74, 6) is 6.73. The summed E-state index contributed by atoms with van der Waals surface area (Å²) in [6, 6.07) is 5.81. The van der Waals surface area contributed by atoms with Gasteiger partial charge in [0.2, 0.25) is 5.91 Å². The number of carbonyl (C=O) groups excluding carboxylic acids is 1. The molecule has 0 spiro atoms. The van der Waals surface area contributed by atoms with Crippen molar-refractivity contribution in [1.29, 1.82) is 0 Å². The minimum atomic E-state index is 0.0642. The molecule has 0 saturated carbocycles. The summed E-state index contributed by atoms with van der Waals surface area (Å²) < 4.78 is 5.37. The van der Waals surface area contributed by atoms with Gasteiger partial charge in [0.1, 0.15) is 5.75 Å². The first-order valence-electron chi connectivity index (χ1n) is 6.58. The van der Waals surface area contributed by atoms with Gasteiger partial charge in [0.25, 0.3) is 0 Å². The van der Waals surface area contributed by atoms with Crippen molar-refractivity contribution in [2.45, 2.75) is 6.54 Å². The highest BCUT2D eigenvalue weighted by Crippen LogP contribution is 2.21. The van der Waals surface area contributed by atoms with Gasteiger partial charge in [-0.1, -0.05) is 11.8 Å². The molecule has 1 saturated heterocycles. The predicted octanol–water partition coefficient (Wildman–Crippen LogP) is -0.0628. The lowest BCUT2D eigenvalue weighted by Crippen LogP contribution is -2.47. The number of piperazine rings is 1. The quantitative estimate of drug-likeness (QED) is 0.757. The maximum Gasteiger partial charge on any atom is 0.234 e. The maximum atomic E-state index is 11.4. The fourth-order valence-corrected chi connectivity index (χ4v) is 2.20. The smallest absolute Gasteiger partial charge is 0.234 e. The zero-order chi connectivity index (χ0) is 14.4. The maximum absolute atomic E-state index is 11.4. The van der Waals surface area contributed by atoms with E-state index in [1.807, 2.05) is 18.2 Å². The van der Waals surface area contributed by atoms with E-state index in [4.69, 9.17) is 10.5 Å². The number of nitrogens with one attached hydrogen (secondary N) is 1. The van der Waals surface area contributed by atoms with Crippen LogP contribution in [0.2, 0.25) is 0 Å². The molecule has 20 heavy (non-hydrogen) atoms. The monoisotopic (exact) mass is 273 g/mol. The molecule has 1 aromatic carbocycles. The lowest BCUT2D eigenvalue weighted by atomic mass is 10.1. The summed E-state index contributed by atoms with van der Waals surface area (Å²) in [7, 11) is 1.65. The Kier molecular flexibility index (Phi) is 4.99. The lowest BCUT2D eigenvalue weighted by molar-refractivity contribution is -0.124. The van der Waals surface area contributed by atoms with Crippen molar-refractivity contribution in [1.82, 2.24) is 10.2 Å². The molecule has 1 fully saturated rings. The number of carbonyl (C=O) groups is 1. The van der Waals surface area contributed by atoms with Crippen LogP contribution in [0.1, 0.15) is 11.1 Å². The van der Waals surface area contributed by atoms with E-state index in [-0.39, 0.29) is 5.91 Å². The first-order valence-corrected chi connectivity index (χ1v) is 6.58. The van der Waals surface area contributed by atoms with Crippen LogP contribution in [-0.2, 0) is 11.3 Å². The van der Waals surface area contributed by atoms with Crippen molar-refractivity contribution in [3.8, 4) is 17.6 Å². The fraction of sp³-hybridized carbons (Fsp3) is 0.400. The highest BCUT2D eigenvalue weighted by molar-refractivity contribution is 5.78. The van der Waals surface area contributed by atoms with Crippen LogP contribution in [0.25, 0.3) is 0 Å². The van der Waals surface area contributed by atoms with E-state index in [2.05, 4.69) is 22.1 Å². The van der Waals surface area contributed by atoms with Crippen molar-refractivity contribution < 1.29 is 9.53 Å². The third-order valence-electron chi connectivity index (χ3n) is 3.13. The Hall–Kier alpha value is -2.03. The number of amides is 1. The standard InChI is InChI=1S/C15H19N3O2/c1-20-14-5-4-12(3-2-6-16)9-13(14)10-18-8-7-17-15(19)11-18/h4-5,9H,6-8,10-11,16H2,1H3,(H,17,19). The molecular weight excluding hydrogens is 254 g/mol. The summed E-state index contributed by atoms with van der Waals surface area (Å²) >= 11 is 0. The molecule has 2 rings (SSSR count). The lowest BCUT2D eigenvalue weighted by Gasteiger charge is -2.27. The first-order chi connectivity index (χ1) is 9.72. The SMILES string of the molecule is COc1ccc(C#CCN)cc1CN1CCNC(=O)C1. The van der Waals surface area contributed by atoms with Gasteiger partial charge in [-0.25, -0.2) is 0 Å². The van der Waals surface area contributed by atoms with Crippen LogP contribution in [0, 0.1) is 11.8 Å². The third kappa shape index (κ3) is 3.73. The minimum Gasteiger partial charge on any atom is -0.496 e. The zero-order valence-corrected chi connectivity index (χ0v) is 11.6. The van der Waals surface area contributed by atoms with E-state index in [0.29, 0.717) is 26.2 Å². The van der Waals surface area contributed by atoms with Gasteiger partial charge in [0, 0.05) is 30.8 Å². The summed E-state index contributed by atoms with van der Waals surface area (Å²) in [4.78, 5) is 13.5. The van der Waals surface area contributed by atoms with E-state index in [1.54, 1.807) is 7.11 Å². The highest BCUT2D eigenvalue weighted by Gasteiger charge is 2.17. The summed E-state index contributed by atoms with van der Waals surface area (Å²) in [5, 5.41) is 2.82. The van der Waals surface area contributed by atoms with Gasteiger partial charge in [0.15, 0.2) is 0 Å². The van der Waals surface area contributed by atoms with E-state index in [1.165, 1.54) is 0 Å². The molecule has 3 N–H and O–H groups in total. The zero-order valence-electron chi connectivity index (χ0n) is 11.6. The van der Waals surface area contributed by atoms with Gasteiger partial charge in [-0.05, 0) is 18.2 Å². The second-order valence-corrected chi connectivity index (χ2v) is 4.59. The second-order valence-electron chi connectivity index (χ2n) is 4.59. The number of nitrogens with zero attached hydrogens (tertiary/aromatic N) is 1. The molecule has 1 aromatic rings. The number of nitrogens with two attached hydrogens (primary N) is 1. The minimum absolute atomic E-state index is 0.0642. The number of benzene rings is 1. The molecule has 5 heteroatoms. The van der Waals surface area contributed by atoms with E-state index in [0.717, 1.165) is 23.4 Å². The van der Waals surface area contributed by atoms with Gasteiger partial charge >= 0.3 is 0 Å². The number of hydrogen-bond donors (Lipinski definition) is 2. The van der Waals surface area contributed by atoms with Crippen LogP contribution in [0.15, 0.2) is 18.2 Å². The van der Waals surface area contributed by atoms with Crippen molar-refractivity contribution in [3.63, 3.8) is 0 Å². The van der Waals surface area contributed by atoms with Gasteiger partial charge in [-0.15, -0.1) is 0 Å². The van der Waals surface area contributed by atoms with E-state index >= 15 is 0 Å². The van der Waals surface area contributed by atoms with Crippen molar-refractivity contribution >= 4 is 5.91 Å². The number of ether oxygens (including phenoxy) is 1. The van der Waals surface area contributed by atoms with E-state index in [9.17, 15) is 4.79 Å². The molecule has 0 aliphatic carbocycles. The largest absolute Gasteiger partial charge is 0.496 e. The molecule has 1 amide bonds. The molecule has 1 heterocycles. The van der Waals surface area contributed by atoms with Crippen molar-refractivity contribution in [3.05, 3.63) is 29.3 Å². The Balaban J connectivity index is 2.17. The Labute approximate surface area is 119 Å². The Bertz CT molecular complexity index is 546. The molecule has 0 bridgehead atoms. The fourth-order valence-electron chi connectivity index (χ4n) is 2.20. The van der Waals surface area contributed by atoms with Gasteiger partial charge in [-0.3, -0.25) is 9.69 Å². The molecule has 0 unspecified atom stereocenters. The molecule has 5 nitrogen and oxygen atoms in total. The highest BCUT2D eigenvalue weighted by atomic mass is 16.5. The average molecular weight is 273 g/mol. The molecule has 1 aliphatic rings. The molecule has 1 aliphatic heterocycles. The number of hydrogen-bond acceptors (Lipinski definition) is 4. The first kappa shape index (κ1) is 14.4. The number of rotatable bonds is 3. The van der Waals surface area contributed by atoms with Crippen LogP contribution >= 0.6 is 0 Å². The summed E-state index contributed by atoms with van der Waals surface area (Å²) in [6.07, 6.45) is 0. The van der Waals surface area contributed by atoms with Crippen LogP contribution in [0.4, 0.5) is 0 Å². The van der Waals surface area contributed by atoms with Crippen molar-refractivity contribution in [2.75, 3.05) is 33.3 Å². The molecular formula is C15H19N3O2. The third-order valence-corrected chi connectivity index (χ3v) is 3.13. The van der Waals surface area contributed by atoms with Gasteiger partial charge in [0.05, 0.1) is 20.2 Å². The van der Waals surface area contributed by atoms with Crippen molar-refractivity contribution in [2.24, 2.45) is 5.73 Å². The van der Waals surface area contributed by atoms with Gasteiger partial charge in [-0.2, -0.15) is 0 Å². The van der Waals surface area contributed by atoms with Crippen LogP contribution in [0.5, 0.6) is 5.75 Å². The second kappa shape index (κ2) is 6.94. The summed E-state index contributed by atoms with van der Waals surface area (Å²) in [6.45, 7) is 2.96. The van der Waals surface area contributed by atoms with Gasteiger partial charge < -0.3 is 15.8 Å². The molecule has 106 valence electrons. The molecule has 0 radical (unpaired) electrons. The average Bonchev–Trinajstić information content (AvgIpc) is 2.45. The van der Waals surface area contributed by atoms with Crippen LogP contribution < -0.4 is 15.8 Å². The van der Waals surface area contributed by atoms with E-state index < -0.39 is 0 Å². The summed E-state index contributed by atoms with van der Waals surface area (Å²) in [5.41, 5.74) is 7.33. The van der Waals surface area contributed by atoms with Crippen LogP contribution in [-0.4, -0.2) is 44.1 Å². The Morgan fingerprint density at radius 1 is 1.50 bits per heavy atom.